The third-order valence-electron chi connectivity index (χ3n) is 9.37. The highest BCUT2D eigenvalue weighted by atomic mass is 16.5. The number of ether oxygens (including phenoxy) is 2. The fourth-order valence-electron chi connectivity index (χ4n) is 6.04. The Morgan fingerprint density at radius 2 is 1.18 bits per heavy atom. The van der Waals surface area contributed by atoms with Gasteiger partial charge in [-0.15, -0.1) is 0 Å². The lowest BCUT2D eigenvalue weighted by atomic mass is 9.54. The summed E-state index contributed by atoms with van der Waals surface area (Å²) in [6.07, 6.45) is 7.31. The lowest BCUT2D eigenvalue weighted by Crippen LogP contribution is -2.46. The molecule has 3 fully saturated rings. The van der Waals surface area contributed by atoms with Crippen LogP contribution in [0, 0.1) is 44.8 Å². The van der Waals surface area contributed by atoms with E-state index in [4.69, 9.17) is 9.47 Å². The molecule has 4 unspecified atom stereocenters. The zero-order valence-electron chi connectivity index (χ0n) is 25.3. The van der Waals surface area contributed by atoms with E-state index in [0.29, 0.717) is 33.2 Å². The Morgan fingerprint density at radius 1 is 0.697 bits per heavy atom. The fraction of sp³-hybridized carbons (Fsp3) is 1.00. The van der Waals surface area contributed by atoms with Crippen LogP contribution in [0.4, 0.5) is 0 Å². The van der Waals surface area contributed by atoms with Gasteiger partial charge in [0.05, 0.1) is 19.3 Å². The summed E-state index contributed by atoms with van der Waals surface area (Å²) in [5.74, 6) is 2.76. The standard InChI is InChI=1S/2C12H24O.C7H14/c1-11(2,3)9-7-10(13-8-9)12(4,5)6;1-10(2,3)12(11(4,5)6)7-8-13-9-12;1-6-4-3-5-7(6)2/h9-10H,7-8H2,1-6H3;7-9H2,1-6H3;6-7H,3-5H2,1-2H3. The van der Waals surface area contributed by atoms with E-state index < -0.39 is 0 Å². The minimum Gasteiger partial charge on any atom is -0.381 e. The molecule has 1 saturated carbocycles. The van der Waals surface area contributed by atoms with Crippen LogP contribution in [-0.4, -0.2) is 25.9 Å². The summed E-state index contributed by atoms with van der Waals surface area (Å²) >= 11 is 0. The Morgan fingerprint density at radius 3 is 1.36 bits per heavy atom. The highest BCUT2D eigenvalue weighted by Crippen LogP contribution is 2.56. The summed E-state index contributed by atoms with van der Waals surface area (Å²) in [5, 5.41) is 0. The summed E-state index contributed by atoms with van der Waals surface area (Å²) in [7, 11) is 0. The summed E-state index contributed by atoms with van der Waals surface area (Å²) < 4.78 is 11.5. The Balaban J connectivity index is 0.000000259. The van der Waals surface area contributed by atoms with E-state index in [1.54, 1.807) is 0 Å². The minimum atomic E-state index is 0.306. The quantitative estimate of drug-likeness (QED) is 0.354. The molecule has 4 atom stereocenters. The Bertz CT molecular complexity index is 514. The van der Waals surface area contributed by atoms with Crippen molar-refractivity contribution in [3.63, 3.8) is 0 Å². The number of rotatable bonds is 0. The van der Waals surface area contributed by atoms with E-state index in [2.05, 4.69) is 96.9 Å². The van der Waals surface area contributed by atoms with Crippen LogP contribution in [0.2, 0.25) is 0 Å². The minimum absolute atomic E-state index is 0.306. The zero-order chi connectivity index (χ0) is 25.9. The second-order valence-corrected chi connectivity index (χ2v) is 15.8. The van der Waals surface area contributed by atoms with Gasteiger partial charge in [-0.2, -0.15) is 0 Å². The van der Waals surface area contributed by atoms with Crippen molar-refractivity contribution in [1.82, 2.24) is 0 Å². The first-order valence-corrected chi connectivity index (χ1v) is 13.9. The molecule has 0 radical (unpaired) electrons. The lowest BCUT2D eigenvalue weighted by Gasteiger charge is -2.50. The van der Waals surface area contributed by atoms with Crippen LogP contribution in [-0.2, 0) is 9.47 Å². The number of hydrogen-bond donors (Lipinski definition) is 0. The first kappa shape index (κ1) is 31.0. The van der Waals surface area contributed by atoms with Crippen LogP contribution in [0.15, 0.2) is 0 Å². The monoisotopic (exact) mass is 466 g/mol. The van der Waals surface area contributed by atoms with Gasteiger partial charge in [0.1, 0.15) is 0 Å². The molecule has 3 aliphatic rings. The summed E-state index contributed by atoms with van der Waals surface area (Å²) in [5.41, 5.74) is 1.73. The van der Waals surface area contributed by atoms with Crippen LogP contribution in [0.3, 0.4) is 0 Å². The lowest BCUT2D eigenvalue weighted by molar-refractivity contribution is -0.0375. The van der Waals surface area contributed by atoms with E-state index in [0.717, 1.165) is 37.6 Å². The SMILES string of the molecule is CC(C)(C)C1(C(C)(C)C)CCOC1.CC(C)(C)C1COC(C(C)(C)C)C1.CC1CCCC1C. The van der Waals surface area contributed by atoms with E-state index in [-0.39, 0.29) is 0 Å². The molecular weight excluding hydrogens is 404 g/mol. The van der Waals surface area contributed by atoms with Crippen LogP contribution in [0.1, 0.15) is 129 Å². The molecule has 33 heavy (non-hydrogen) atoms. The van der Waals surface area contributed by atoms with Crippen LogP contribution < -0.4 is 0 Å². The topological polar surface area (TPSA) is 18.5 Å². The Hall–Kier alpha value is -0.0800. The summed E-state index contributed by atoms with van der Waals surface area (Å²) in [6, 6.07) is 0. The van der Waals surface area contributed by atoms with E-state index >= 15 is 0 Å². The van der Waals surface area contributed by atoms with Crippen molar-refractivity contribution in [2.45, 2.75) is 135 Å². The zero-order valence-corrected chi connectivity index (χ0v) is 25.3. The van der Waals surface area contributed by atoms with E-state index in [1.807, 2.05) is 0 Å². The molecule has 2 nitrogen and oxygen atoms in total. The van der Waals surface area contributed by atoms with Gasteiger partial charge in [-0.3, -0.25) is 0 Å². The van der Waals surface area contributed by atoms with Crippen molar-refractivity contribution >= 4 is 0 Å². The van der Waals surface area contributed by atoms with Crippen molar-refractivity contribution in [2.24, 2.45) is 44.8 Å². The molecular formula is C31H62O2. The molecule has 0 amide bonds. The maximum absolute atomic E-state index is 5.86. The second-order valence-electron chi connectivity index (χ2n) is 15.8. The molecule has 0 aromatic rings. The highest BCUT2D eigenvalue weighted by molar-refractivity contribution is 5.00. The normalized spacial score (nSPS) is 30.4. The van der Waals surface area contributed by atoms with Gasteiger partial charge >= 0.3 is 0 Å². The molecule has 0 bridgehead atoms. The van der Waals surface area contributed by atoms with Gasteiger partial charge in [-0.05, 0) is 52.3 Å². The first-order chi connectivity index (χ1) is 14.7. The van der Waals surface area contributed by atoms with Crippen LogP contribution in [0.5, 0.6) is 0 Å². The van der Waals surface area contributed by atoms with Gasteiger partial charge in [0.25, 0.3) is 0 Å². The van der Waals surface area contributed by atoms with E-state index in [9.17, 15) is 0 Å². The van der Waals surface area contributed by atoms with Crippen molar-refractivity contribution in [1.29, 1.82) is 0 Å². The molecule has 0 spiro atoms. The molecule has 3 rings (SSSR count). The van der Waals surface area contributed by atoms with Gasteiger partial charge in [0.2, 0.25) is 0 Å². The van der Waals surface area contributed by atoms with Gasteiger partial charge in [0.15, 0.2) is 0 Å². The smallest absolute Gasteiger partial charge is 0.0627 e. The molecule has 0 N–H and O–H groups in total. The van der Waals surface area contributed by atoms with Crippen LogP contribution in [0.25, 0.3) is 0 Å². The molecule has 1 aliphatic carbocycles. The Kier molecular flexibility index (Phi) is 10.6. The first-order valence-electron chi connectivity index (χ1n) is 13.9. The average Bonchev–Trinajstić information content (AvgIpc) is 3.34. The van der Waals surface area contributed by atoms with Crippen molar-refractivity contribution in [3.8, 4) is 0 Å². The molecule has 2 saturated heterocycles. The highest BCUT2D eigenvalue weighted by Gasteiger charge is 2.52. The summed E-state index contributed by atoms with van der Waals surface area (Å²) in [4.78, 5) is 0. The Labute approximate surface area is 209 Å². The van der Waals surface area contributed by atoms with Gasteiger partial charge in [0, 0.05) is 12.0 Å². The molecule has 2 heteroatoms. The average molecular weight is 467 g/mol. The third-order valence-corrected chi connectivity index (χ3v) is 9.37. The van der Waals surface area contributed by atoms with Gasteiger partial charge < -0.3 is 9.47 Å². The fourth-order valence-corrected chi connectivity index (χ4v) is 6.04. The third kappa shape index (κ3) is 8.52. The maximum Gasteiger partial charge on any atom is 0.0627 e. The molecule has 2 aliphatic heterocycles. The van der Waals surface area contributed by atoms with Crippen molar-refractivity contribution in [3.05, 3.63) is 0 Å². The maximum atomic E-state index is 5.86. The largest absolute Gasteiger partial charge is 0.381 e. The van der Waals surface area contributed by atoms with Crippen LogP contribution >= 0.6 is 0 Å². The van der Waals surface area contributed by atoms with Crippen molar-refractivity contribution < 1.29 is 9.47 Å². The van der Waals surface area contributed by atoms with E-state index in [1.165, 1.54) is 32.1 Å². The molecule has 0 aromatic carbocycles. The predicted octanol–water partition coefficient (Wildman–Crippen LogP) is 9.41. The molecule has 2 heterocycles. The molecule has 198 valence electrons. The van der Waals surface area contributed by atoms with Gasteiger partial charge in [-0.25, -0.2) is 0 Å². The molecule has 0 aromatic heterocycles. The second kappa shape index (κ2) is 11.3. The van der Waals surface area contributed by atoms with Gasteiger partial charge in [-0.1, -0.05) is 116 Å². The predicted molar refractivity (Wildman–Crippen MR) is 146 cm³/mol. The van der Waals surface area contributed by atoms with Crippen molar-refractivity contribution in [2.75, 3.05) is 19.8 Å². The number of hydrogen-bond acceptors (Lipinski definition) is 2. The summed E-state index contributed by atoms with van der Waals surface area (Å²) in [6.45, 7) is 35.3.